The van der Waals surface area contributed by atoms with E-state index in [2.05, 4.69) is 26.0 Å². The minimum absolute atomic E-state index is 0.0969. The van der Waals surface area contributed by atoms with Crippen molar-refractivity contribution in [3.05, 3.63) is 69.4 Å². The summed E-state index contributed by atoms with van der Waals surface area (Å²) in [6.45, 7) is 3.81. The van der Waals surface area contributed by atoms with Crippen LogP contribution < -0.4 is 10.0 Å². The molecule has 0 spiro atoms. The summed E-state index contributed by atoms with van der Waals surface area (Å²) >= 11 is 3.16. The highest BCUT2D eigenvalue weighted by Gasteiger charge is 2.13. The summed E-state index contributed by atoms with van der Waals surface area (Å²) in [5.74, 6) is -0.851. The molecule has 0 saturated heterocycles. The third kappa shape index (κ3) is 6.19. The van der Waals surface area contributed by atoms with E-state index < -0.39 is 15.8 Å². The molecule has 0 unspecified atom stereocenters. The van der Waals surface area contributed by atoms with Gasteiger partial charge in [-0.2, -0.15) is 0 Å². The summed E-state index contributed by atoms with van der Waals surface area (Å²) in [4.78, 5) is 12.2. The van der Waals surface area contributed by atoms with Crippen LogP contribution in [-0.2, 0) is 22.3 Å². The third-order valence-electron chi connectivity index (χ3n) is 3.42. The standard InChI is InChI=1S/C18H20BrFN2O3S/c1-12(2)22-26(24,25)11-14-5-3-13(4-6-14)10-21-18(23)16-8-7-15(20)9-17(16)19/h3-9,12,22H,10-11H2,1-2H3,(H,21,23). The molecule has 0 heterocycles. The number of benzene rings is 2. The summed E-state index contributed by atoms with van der Waals surface area (Å²) in [5, 5.41) is 2.75. The van der Waals surface area contributed by atoms with E-state index in [0.29, 0.717) is 15.6 Å². The Morgan fingerprint density at radius 1 is 1.12 bits per heavy atom. The average molecular weight is 443 g/mol. The quantitative estimate of drug-likeness (QED) is 0.690. The first kappa shape index (κ1) is 20.5. The molecule has 5 nitrogen and oxygen atoms in total. The number of hydrogen-bond acceptors (Lipinski definition) is 3. The van der Waals surface area contributed by atoms with Crippen LogP contribution in [0.3, 0.4) is 0 Å². The lowest BCUT2D eigenvalue weighted by Crippen LogP contribution is -2.31. The Labute approximate surface area is 161 Å². The highest BCUT2D eigenvalue weighted by molar-refractivity contribution is 9.10. The van der Waals surface area contributed by atoms with Gasteiger partial charge >= 0.3 is 0 Å². The molecule has 2 aromatic carbocycles. The van der Waals surface area contributed by atoms with Gasteiger partial charge in [0.15, 0.2) is 0 Å². The smallest absolute Gasteiger partial charge is 0.252 e. The fourth-order valence-corrected chi connectivity index (χ4v) is 4.29. The molecule has 0 radical (unpaired) electrons. The number of carbonyl (C=O) groups is 1. The molecule has 0 atom stereocenters. The van der Waals surface area contributed by atoms with Crippen molar-refractivity contribution in [1.29, 1.82) is 0 Å². The molecule has 2 N–H and O–H groups in total. The van der Waals surface area contributed by atoms with Crippen LogP contribution in [0.15, 0.2) is 46.9 Å². The van der Waals surface area contributed by atoms with Gasteiger partial charge in [0.25, 0.3) is 5.91 Å². The largest absolute Gasteiger partial charge is 0.348 e. The van der Waals surface area contributed by atoms with E-state index in [9.17, 15) is 17.6 Å². The van der Waals surface area contributed by atoms with Crippen molar-refractivity contribution in [2.75, 3.05) is 0 Å². The number of nitrogens with one attached hydrogen (secondary N) is 2. The zero-order valence-electron chi connectivity index (χ0n) is 14.4. The number of carbonyl (C=O) groups excluding carboxylic acids is 1. The molecule has 0 bridgehead atoms. The molecule has 0 aromatic heterocycles. The van der Waals surface area contributed by atoms with Crippen LogP contribution in [0, 0.1) is 5.82 Å². The summed E-state index contributed by atoms with van der Waals surface area (Å²) < 4.78 is 39.8. The number of sulfonamides is 1. The lowest BCUT2D eigenvalue weighted by atomic mass is 10.1. The van der Waals surface area contributed by atoms with Crippen molar-refractivity contribution in [1.82, 2.24) is 10.0 Å². The number of rotatable bonds is 7. The lowest BCUT2D eigenvalue weighted by Gasteiger charge is -2.10. The Morgan fingerprint density at radius 2 is 1.73 bits per heavy atom. The van der Waals surface area contributed by atoms with Crippen molar-refractivity contribution in [3.63, 3.8) is 0 Å². The Balaban J connectivity index is 1.96. The van der Waals surface area contributed by atoms with Crippen LogP contribution in [-0.4, -0.2) is 20.4 Å². The molecule has 140 valence electrons. The Bertz CT molecular complexity index is 884. The second-order valence-corrected chi connectivity index (χ2v) is 8.76. The van der Waals surface area contributed by atoms with Gasteiger partial charge in [0, 0.05) is 17.1 Å². The van der Waals surface area contributed by atoms with E-state index in [0.717, 1.165) is 5.56 Å². The summed E-state index contributed by atoms with van der Waals surface area (Å²) in [7, 11) is -3.37. The summed E-state index contributed by atoms with van der Waals surface area (Å²) in [6.07, 6.45) is 0. The van der Waals surface area contributed by atoms with Crippen molar-refractivity contribution < 1.29 is 17.6 Å². The monoisotopic (exact) mass is 442 g/mol. The van der Waals surface area contributed by atoms with E-state index in [-0.39, 0.29) is 24.2 Å². The van der Waals surface area contributed by atoms with Gasteiger partial charge in [-0.15, -0.1) is 0 Å². The van der Waals surface area contributed by atoms with Crippen LogP contribution in [0.2, 0.25) is 0 Å². The molecule has 0 aliphatic carbocycles. The second kappa shape index (κ2) is 8.75. The van der Waals surface area contributed by atoms with E-state index >= 15 is 0 Å². The SMILES string of the molecule is CC(C)NS(=O)(=O)Cc1ccc(CNC(=O)c2ccc(F)cc2Br)cc1. The Morgan fingerprint density at radius 3 is 2.31 bits per heavy atom. The van der Waals surface area contributed by atoms with Crippen molar-refractivity contribution in [3.8, 4) is 0 Å². The van der Waals surface area contributed by atoms with Crippen molar-refractivity contribution >= 4 is 31.9 Å². The third-order valence-corrected chi connectivity index (χ3v) is 5.62. The Kier molecular flexibility index (Phi) is 6.91. The van der Waals surface area contributed by atoms with Gasteiger partial charge in [0.2, 0.25) is 10.0 Å². The molecule has 0 aliphatic rings. The van der Waals surface area contributed by atoms with Crippen LogP contribution in [0.1, 0.15) is 35.3 Å². The highest BCUT2D eigenvalue weighted by atomic mass is 79.9. The number of hydrogen-bond donors (Lipinski definition) is 2. The van der Waals surface area contributed by atoms with Crippen molar-refractivity contribution in [2.24, 2.45) is 0 Å². The van der Waals surface area contributed by atoms with Gasteiger partial charge in [-0.05, 0) is 59.1 Å². The molecule has 2 rings (SSSR count). The minimum Gasteiger partial charge on any atom is -0.348 e. The van der Waals surface area contributed by atoms with Gasteiger partial charge in [-0.25, -0.2) is 17.5 Å². The van der Waals surface area contributed by atoms with Crippen LogP contribution in [0.4, 0.5) is 4.39 Å². The molecular weight excluding hydrogens is 423 g/mol. The number of halogens is 2. The molecule has 26 heavy (non-hydrogen) atoms. The van der Waals surface area contributed by atoms with E-state index in [4.69, 9.17) is 0 Å². The zero-order chi connectivity index (χ0) is 19.3. The molecule has 8 heteroatoms. The summed E-state index contributed by atoms with van der Waals surface area (Å²) in [5.41, 5.74) is 1.83. The van der Waals surface area contributed by atoms with Gasteiger partial charge in [0.05, 0.1) is 11.3 Å². The van der Waals surface area contributed by atoms with Gasteiger partial charge in [-0.1, -0.05) is 24.3 Å². The Hall–Kier alpha value is -1.77. The predicted molar refractivity (Wildman–Crippen MR) is 103 cm³/mol. The maximum atomic E-state index is 13.1. The van der Waals surface area contributed by atoms with Crippen LogP contribution in [0.25, 0.3) is 0 Å². The minimum atomic E-state index is -3.37. The highest BCUT2D eigenvalue weighted by Crippen LogP contribution is 2.18. The second-order valence-electron chi connectivity index (χ2n) is 6.15. The first-order valence-corrected chi connectivity index (χ1v) is 10.4. The van der Waals surface area contributed by atoms with E-state index in [1.807, 2.05) is 0 Å². The van der Waals surface area contributed by atoms with Gasteiger partial charge in [0.1, 0.15) is 5.82 Å². The molecule has 0 fully saturated rings. The predicted octanol–water partition coefficient (Wildman–Crippen LogP) is 3.35. The van der Waals surface area contributed by atoms with Gasteiger partial charge < -0.3 is 5.32 Å². The summed E-state index contributed by atoms with van der Waals surface area (Å²) in [6, 6.07) is 10.7. The van der Waals surface area contributed by atoms with E-state index in [1.54, 1.807) is 38.1 Å². The molecule has 1 amide bonds. The fourth-order valence-electron chi connectivity index (χ4n) is 2.32. The first-order valence-electron chi connectivity index (χ1n) is 7.97. The fraction of sp³-hybridized carbons (Fsp3) is 0.278. The molecule has 0 saturated carbocycles. The topological polar surface area (TPSA) is 75.3 Å². The molecular formula is C18H20BrFN2O3S. The molecule has 0 aliphatic heterocycles. The van der Waals surface area contributed by atoms with Gasteiger partial charge in [-0.3, -0.25) is 4.79 Å². The average Bonchev–Trinajstić information content (AvgIpc) is 2.52. The lowest BCUT2D eigenvalue weighted by molar-refractivity contribution is 0.0950. The molecule has 2 aromatic rings. The first-order chi connectivity index (χ1) is 12.2. The maximum absolute atomic E-state index is 13.1. The normalized spacial score (nSPS) is 11.6. The van der Waals surface area contributed by atoms with Crippen molar-refractivity contribution in [2.45, 2.75) is 32.2 Å². The van der Waals surface area contributed by atoms with Crippen LogP contribution >= 0.6 is 15.9 Å². The maximum Gasteiger partial charge on any atom is 0.252 e. The van der Waals surface area contributed by atoms with Crippen LogP contribution in [0.5, 0.6) is 0 Å². The van der Waals surface area contributed by atoms with E-state index in [1.165, 1.54) is 18.2 Å². The zero-order valence-corrected chi connectivity index (χ0v) is 16.8. The number of amides is 1.